The van der Waals surface area contributed by atoms with Crippen LogP contribution in [0.2, 0.25) is 0 Å². The number of hydrogen-bond acceptors (Lipinski definition) is 0. The van der Waals surface area contributed by atoms with E-state index in [0.29, 0.717) is 0 Å². The molecule has 0 nitrogen and oxygen atoms in total. The van der Waals surface area contributed by atoms with E-state index in [2.05, 4.69) is 19.1 Å². The average Bonchev–Trinajstić information content (AvgIpc) is 2.40. The lowest BCUT2D eigenvalue weighted by atomic mass is 9.69. The highest BCUT2D eigenvalue weighted by atomic mass is 19.3. The third kappa shape index (κ3) is 3.55. The predicted octanol–water partition coefficient (Wildman–Crippen LogP) is 5.44. The molecule has 2 heteroatoms. The van der Waals surface area contributed by atoms with Crippen molar-refractivity contribution in [1.82, 2.24) is 0 Å². The molecule has 0 saturated heterocycles. The van der Waals surface area contributed by atoms with Crippen LogP contribution in [0.5, 0.6) is 0 Å². The molecule has 2 rings (SSSR count). The Bertz CT molecular complexity index is 256. The van der Waals surface area contributed by atoms with Crippen molar-refractivity contribution in [3.63, 3.8) is 0 Å². The van der Waals surface area contributed by atoms with Crippen molar-refractivity contribution in [3.8, 4) is 0 Å². The molecule has 0 aliphatic heterocycles. The lowest BCUT2D eigenvalue weighted by Gasteiger charge is -2.37. The van der Waals surface area contributed by atoms with E-state index in [1.165, 1.54) is 25.7 Å². The number of alkyl halides is 2. The smallest absolute Gasteiger partial charge is 0.210 e. The summed E-state index contributed by atoms with van der Waals surface area (Å²) < 4.78 is 25.2. The summed E-state index contributed by atoms with van der Waals surface area (Å²) in [5, 5.41) is 0. The van der Waals surface area contributed by atoms with Crippen molar-refractivity contribution in [1.29, 1.82) is 0 Å². The summed E-state index contributed by atoms with van der Waals surface area (Å²) in [5.74, 6) is 2.04. The monoisotopic (exact) mass is 256 g/mol. The molecule has 0 aromatic heterocycles. The van der Waals surface area contributed by atoms with Crippen LogP contribution >= 0.6 is 0 Å². The summed E-state index contributed by atoms with van der Waals surface area (Å²) in [7, 11) is 0. The fraction of sp³-hybridized carbons (Fsp3) is 0.875. The van der Waals surface area contributed by atoms with Gasteiger partial charge in [0.15, 0.2) is 0 Å². The van der Waals surface area contributed by atoms with E-state index in [4.69, 9.17) is 0 Å². The molecule has 0 heterocycles. The van der Waals surface area contributed by atoms with Crippen molar-refractivity contribution in [2.24, 2.45) is 23.7 Å². The zero-order chi connectivity index (χ0) is 13.0. The quantitative estimate of drug-likeness (QED) is 0.590. The van der Waals surface area contributed by atoms with Crippen LogP contribution in [0, 0.1) is 23.7 Å². The van der Waals surface area contributed by atoms with Gasteiger partial charge in [-0.05, 0) is 76.0 Å². The Morgan fingerprint density at radius 3 is 1.78 bits per heavy atom. The molecule has 0 spiro atoms. The van der Waals surface area contributed by atoms with E-state index in [0.717, 1.165) is 43.4 Å². The fourth-order valence-corrected chi connectivity index (χ4v) is 3.95. The van der Waals surface area contributed by atoms with E-state index in [-0.39, 0.29) is 5.92 Å². The van der Waals surface area contributed by atoms with Gasteiger partial charge in [0.05, 0.1) is 0 Å². The fourth-order valence-electron chi connectivity index (χ4n) is 3.95. The van der Waals surface area contributed by atoms with Crippen LogP contribution in [0.25, 0.3) is 0 Å². The number of allylic oxidation sites excluding steroid dienone is 2. The zero-order valence-corrected chi connectivity index (χ0v) is 11.5. The number of halogens is 2. The van der Waals surface area contributed by atoms with Crippen LogP contribution in [0.1, 0.15) is 58.3 Å². The molecule has 0 aromatic rings. The summed E-state index contributed by atoms with van der Waals surface area (Å²) >= 11 is 0. The Balaban J connectivity index is 1.74. The molecule has 0 unspecified atom stereocenters. The molecule has 2 aliphatic carbocycles. The lowest BCUT2D eigenvalue weighted by molar-refractivity contribution is 0.0349. The van der Waals surface area contributed by atoms with Gasteiger partial charge in [0.25, 0.3) is 0 Å². The minimum Gasteiger partial charge on any atom is -0.210 e. The lowest BCUT2D eigenvalue weighted by Crippen LogP contribution is -2.27. The standard InChI is InChI=1S/C16H26F2/c1-2-3-12-4-6-13(7-5-12)14-8-10-15(11-9-14)16(17)18/h2-3,12-16H,4-11H2,1H3/b3-2+. The first-order chi connectivity index (χ1) is 8.70. The van der Waals surface area contributed by atoms with E-state index in [1.807, 2.05) is 0 Å². The molecule has 104 valence electrons. The van der Waals surface area contributed by atoms with Gasteiger partial charge in [-0.2, -0.15) is 0 Å². The van der Waals surface area contributed by atoms with Gasteiger partial charge in [-0.1, -0.05) is 12.2 Å². The molecule has 0 radical (unpaired) electrons. The highest BCUT2D eigenvalue weighted by Gasteiger charge is 2.32. The van der Waals surface area contributed by atoms with Gasteiger partial charge in [0, 0.05) is 5.92 Å². The largest absolute Gasteiger partial charge is 0.241 e. The normalized spacial score (nSPS) is 38.4. The van der Waals surface area contributed by atoms with Crippen molar-refractivity contribution in [3.05, 3.63) is 12.2 Å². The number of rotatable bonds is 3. The first-order valence-corrected chi connectivity index (χ1v) is 7.61. The first kappa shape index (κ1) is 14.0. The molecule has 0 N–H and O–H groups in total. The van der Waals surface area contributed by atoms with Gasteiger partial charge >= 0.3 is 0 Å². The van der Waals surface area contributed by atoms with Crippen LogP contribution in [0.15, 0.2) is 12.2 Å². The van der Waals surface area contributed by atoms with Gasteiger partial charge in [0.1, 0.15) is 0 Å². The van der Waals surface area contributed by atoms with Crippen molar-refractivity contribution < 1.29 is 8.78 Å². The molecule has 2 saturated carbocycles. The Morgan fingerprint density at radius 2 is 1.33 bits per heavy atom. The second-order valence-electron chi connectivity index (χ2n) is 6.21. The topological polar surface area (TPSA) is 0 Å². The zero-order valence-electron chi connectivity index (χ0n) is 11.5. The Hall–Kier alpha value is -0.400. The Kier molecular flexibility index (Phi) is 5.20. The van der Waals surface area contributed by atoms with Gasteiger partial charge in [-0.25, -0.2) is 8.78 Å². The maximum absolute atomic E-state index is 12.6. The highest BCUT2D eigenvalue weighted by Crippen LogP contribution is 2.42. The van der Waals surface area contributed by atoms with E-state index >= 15 is 0 Å². The second-order valence-corrected chi connectivity index (χ2v) is 6.21. The molecular formula is C16H26F2. The first-order valence-electron chi connectivity index (χ1n) is 7.61. The molecule has 0 bridgehead atoms. The third-order valence-electron chi connectivity index (χ3n) is 5.12. The maximum atomic E-state index is 12.6. The van der Waals surface area contributed by atoms with Crippen molar-refractivity contribution >= 4 is 0 Å². The van der Waals surface area contributed by atoms with Gasteiger partial charge in [0.2, 0.25) is 6.43 Å². The molecule has 0 aromatic carbocycles. The van der Waals surface area contributed by atoms with Crippen LogP contribution in [-0.4, -0.2) is 6.43 Å². The Morgan fingerprint density at radius 1 is 0.833 bits per heavy atom. The molecular weight excluding hydrogens is 230 g/mol. The molecule has 2 aliphatic rings. The van der Waals surface area contributed by atoms with Crippen LogP contribution in [-0.2, 0) is 0 Å². The van der Waals surface area contributed by atoms with Crippen LogP contribution < -0.4 is 0 Å². The number of hydrogen-bond donors (Lipinski definition) is 0. The maximum Gasteiger partial charge on any atom is 0.241 e. The summed E-state index contributed by atoms with van der Waals surface area (Å²) in [6.07, 6.45) is 11.3. The SMILES string of the molecule is C/C=C/C1CCC(C2CCC(C(F)F)CC2)CC1. The highest BCUT2D eigenvalue weighted by molar-refractivity contribution is 4.90. The van der Waals surface area contributed by atoms with E-state index in [1.54, 1.807) is 0 Å². The van der Waals surface area contributed by atoms with Gasteiger partial charge in [-0.15, -0.1) is 0 Å². The van der Waals surface area contributed by atoms with Gasteiger partial charge < -0.3 is 0 Å². The van der Waals surface area contributed by atoms with E-state index in [9.17, 15) is 8.78 Å². The van der Waals surface area contributed by atoms with Crippen molar-refractivity contribution in [2.75, 3.05) is 0 Å². The van der Waals surface area contributed by atoms with Crippen molar-refractivity contribution in [2.45, 2.75) is 64.7 Å². The summed E-state index contributed by atoms with van der Waals surface area (Å²) in [4.78, 5) is 0. The molecule has 18 heavy (non-hydrogen) atoms. The van der Waals surface area contributed by atoms with E-state index < -0.39 is 6.43 Å². The van der Waals surface area contributed by atoms with Gasteiger partial charge in [-0.3, -0.25) is 0 Å². The molecule has 0 atom stereocenters. The minimum atomic E-state index is -2.09. The predicted molar refractivity (Wildman–Crippen MR) is 71.7 cm³/mol. The second kappa shape index (κ2) is 6.68. The summed E-state index contributed by atoms with van der Waals surface area (Å²) in [6.45, 7) is 2.09. The minimum absolute atomic E-state index is 0.305. The average molecular weight is 256 g/mol. The van der Waals surface area contributed by atoms with Crippen LogP contribution in [0.3, 0.4) is 0 Å². The summed E-state index contributed by atoms with van der Waals surface area (Å²) in [6, 6.07) is 0. The summed E-state index contributed by atoms with van der Waals surface area (Å²) in [5.41, 5.74) is 0. The van der Waals surface area contributed by atoms with Crippen LogP contribution in [0.4, 0.5) is 8.78 Å². The molecule has 2 fully saturated rings. The third-order valence-corrected chi connectivity index (χ3v) is 5.12. The Labute approximate surface area is 110 Å². The molecule has 0 amide bonds.